The number of nitrogens with two attached hydrogens (primary N) is 3. The number of thioether (sulfide) groups is 1. The molecule has 4 saturated heterocycles. The highest BCUT2D eigenvalue weighted by molar-refractivity contribution is 8.00. The van der Waals surface area contributed by atoms with Crippen molar-refractivity contribution in [1.82, 2.24) is 103 Å². The van der Waals surface area contributed by atoms with Crippen LogP contribution in [-0.2, 0) is 107 Å². The molecule has 6 aromatic rings. The molecule has 4 fully saturated rings. The highest BCUT2D eigenvalue weighted by Gasteiger charge is 2.47. The molecule has 0 saturated carbocycles. The molecule has 3 aromatic carbocycles. The lowest BCUT2D eigenvalue weighted by Gasteiger charge is -2.36. The van der Waals surface area contributed by atoms with E-state index in [0.29, 0.717) is 69.9 Å². The molecule has 0 aliphatic carbocycles. The first kappa shape index (κ1) is 104. The van der Waals surface area contributed by atoms with Crippen molar-refractivity contribution in [3.8, 4) is 5.75 Å². The molecule has 0 bridgehead atoms. The number of hydrogen-bond acceptors (Lipinski definition) is 22. The zero-order valence-corrected chi connectivity index (χ0v) is 78.2. The number of aromatic hydroxyl groups is 1. The Bertz CT molecular complexity index is 5260. The van der Waals surface area contributed by atoms with Crippen LogP contribution >= 0.6 is 11.8 Å². The number of fused-ring (bicyclic) bond motifs is 5. The Hall–Kier alpha value is -13.7. The number of imidazole rings is 1. The lowest BCUT2D eigenvalue weighted by atomic mass is 10.00. The summed E-state index contributed by atoms with van der Waals surface area (Å²) < 4.78 is 0. The fourth-order valence-corrected chi connectivity index (χ4v) is 18.5. The van der Waals surface area contributed by atoms with E-state index in [2.05, 4.69) is 78.4 Å². The van der Waals surface area contributed by atoms with Gasteiger partial charge in [-0.15, -0.1) is 11.8 Å². The Kier molecular flexibility index (Phi) is 38.4. The van der Waals surface area contributed by atoms with Crippen LogP contribution in [0.5, 0.6) is 5.75 Å². The third-order valence-electron chi connectivity index (χ3n) is 24.8. The number of guanidine groups is 1. The summed E-state index contributed by atoms with van der Waals surface area (Å²) in [6.45, 7) is 5.35. The van der Waals surface area contributed by atoms with Crippen molar-refractivity contribution in [2.45, 2.75) is 241 Å². The van der Waals surface area contributed by atoms with Crippen molar-refractivity contribution in [3.05, 3.63) is 120 Å². The van der Waals surface area contributed by atoms with Gasteiger partial charge < -0.3 is 125 Å². The number of aliphatic hydroxyl groups is 1. The molecular formula is C92H128N24O19S. The number of nitrogens with zero attached hydrogens (tertiary/aromatic N) is 6. The van der Waals surface area contributed by atoms with E-state index in [-0.39, 0.29) is 134 Å². The summed E-state index contributed by atoms with van der Waals surface area (Å²) in [6, 6.07) is -0.982. The number of nitrogens with one attached hydrogen (secondary N) is 15. The number of H-pyrrole nitrogens is 3. The summed E-state index contributed by atoms with van der Waals surface area (Å²) >= 11 is 0.784. The fraction of sp³-hybridized carbons (Fsp3) is 0.533. The first-order valence-corrected chi connectivity index (χ1v) is 47.3. The first-order valence-electron chi connectivity index (χ1n) is 46.2. The third-order valence-corrected chi connectivity index (χ3v) is 25.9. The van der Waals surface area contributed by atoms with Crippen LogP contribution in [0.3, 0.4) is 0 Å². The molecule has 0 spiro atoms. The van der Waals surface area contributed by atoms with Crippen molar-refractivity contribution in [1.29, 1.82) is 5.41 Å². The Morgan fingerprint density at radius 1 is 0.507 bits per heavy atom. The average molecular weight is 1910 g/mol. The number of para-hydroxylation sites is 2. The average Bonchev–Trinajstić information content (AvgIpc) is 1.63. The number of rotatable bonds is 26. The number of benzene rings is 3. The van der Waals surface area contributed by atoms with Gasteiger partial charge in [0.15, 0.2) is 5.96 Å². The Labute approximate surface area is 790 Å². The SMILES string of the molecule is CCCC[C@H]1C(=O)N(C)[C@@H](CCCC)C(=O)N[C@@H](CCCNC(=N)N)C(=O)N[C@H](C(=O)NCC(N)=O)CSCC(=O)N[C@@H](Cc2ccc(O)cc2)C(=O)N2CCC[C@@H]2C(=O)N[C@@H](CC(N)=O)C(=O)N2CCC[C@H]2C(=O)N[C@@H](Cc2cnc[nH]2)C(=O)N[C@@H](CC(C)C)C(=O)N2CCC[C@H]2C(=O)N[C@@H](Cc2c[nH]c3ccccc23)C(=O)N[C@@H](CO)C(=O)N[C@@H](Cc2c[nH]c3ccccc23)C(=O)N1C. The number of aromatic nitrogens is 4. The number of phenolic OH excluding ortho intramolecular Hbond substituents is 1. The minimum atomic E-state index is -1.85. The van der Waals surface area contributed by atoms with Crippen molar-refractivity contribution in [3.63, 3.8) is 0 Å². The monoisotopic (exact) mass is 1900 g/mol. The number of amides is 17. The molecule has 44 heteroatoms. The maximum absolute atomic E-state index is 15.8. The van der Waals surface area contributed by atoms with E-state index in [1.165, 1.54) is 60.7 Å². The number of carbonyl (C=O) groups is 17. The zero-order chi connectivity index (χ0) is 98.6. The van der Waals surface area contributed by atoms with E-state index in [9.17, 15) is 43.8 Å². The van der Waals surface area contributed by atoms with Gasteiger partial charge in [-0.3, -0.25) is 86.9 Å². The van der Waals surface area contributed by atoms with Crippen LogP contribution in [0, 0.1) is 11.3 Å². The molecule has 4 aliphatic heterocycles. The van der Waals surface area contributed by atoms with Gasteiger partial charge in [0.2, 0.25) is 100 Å². The number of phenols is 1. The van der Waals surface area contributed by atoms with Gasteiger partial charge in [-0.25, -0.2) is 4.98 Å². The van der Waals surface area contributed by atoms with Crippen molar-refractivity contribution in [2.75, 3.05) is 64.9 Å². The van der Waals surface area contributed by atoms with Gasteiger partial charge in [-0.2, -0.15) is 0 Å². The van der Waals surface area contributed by atoms with E-state index in [1.54, 1.807) is 74.8 Å². The molecule has 10 rings (SSSR count). The minimum absolute atomic E-state index is 0.00210. The zero-order valence-electron chi connectivity index (χ0n) is 77.4. The van der Waals surface area contributed by atoms with Crippen molar-refractivity contribution in [2.24, 2.45) is 23.1 Å². The van der Waals surface area contributed by atoms with Gasteiger partial charge in [-0.1, -0.05) is 102 Å². The van der Waals surface area contributed by atoms with Crippen LogP contribution in [0.15, 0.2) is 97.7 Å². The first-order chi connectivity index (χ1) is 65.1. The third kappa shape index (κ3) is 28.5. The second-order valence-corrected chi connectivity index (χ2v) is 36.4. The van der Waals surface area contributed by atoms with Gasteiger partial charge in [0.25, 0.3) is 0 Å². The summed E-state index contributed by atoms with van der Waals surface area (Å²) in [5.41, 5.74) is 20.0. The van der Waals surface area contributed by atoms with E-state index in [1.807, 2.05) is 13.8 Å². The predicted molar refractivity (Wildman–Crippen MR) is 501 cm³/mol. The number of carbonyl (C=O) groups excluding carboxylic acids is 17. The molecule has 4 aliphatic rings. The Morgan fingerprint density at radius 2 is 0.985 bits per heavy atom. The molecule has 23 N–H and O–H groups in total. The van der Waals surface area contributed by atoms with Crippen LogP contribution in [0.1, 0.15) is 153 Å². The lowest BCUT2D eigenvalue weighted by molar-refractivity contribution is -0.149. The highest BCUT2D eigenvalue weighted by atomic mass is 32.2. The molecule has 736 valence electrons. The van der Waals surface area contributed by atoms with E-state index in [4.69, 9.17) is 22.6 Å². The summed E-state index contributed by atoms with van der Waals surface area (Å²) in [5.74, 6) is -16.9. The van der Waals surface area contributed by atoms with E-state index >= 15 is 47.9 Å². The van der Waals surface area contributed by atoms with Gasteiger partial charge in [-0.05, 0) is 118 Å². The van der Waals surface area contributed by atoms with Crippen molar-refractivity contribution < 1.29 is 91.7 Å². The second kappa shape index (κ2) is 50.1. The summed E-state index contributed by atoms with van der Waals surface area (Å²) in [5, 5.41) is 60.3. The van der Waals surface area contributed by atoms with Gasteiger partial charge >= 0.3 is 0 Å². The van der Waals surface area contributed by atoms with Crippen LogP contribution in [0.2, 0.25) is 0 Å². The molecule has 0 radical (unpaired) electrons. The maximum Gasteiger partial charge on any atom is 0.246 e. The van der Waals surface area contributed by atoms with Gasteiger partial charge in [0, 0.05) is 118 Å². The van der Waals surface area contributed by atoms with Crippen LogP contribution < -0.4 is 75.7 Å². The summed E-state index contributed by atoms with van der Waals surface area (Å²) in [6.07, 6.45) is 6.58. The van der Waals surface area contributed by atoms with E-state index < -0.39 is 222 Å². The molecule has 43 nitrogen and oxygen atoms in total. The maximum atomic E-state index is 15.8. The number of primary amides is 2. The van der Waals surface area contributed by atoms with Crippen LogP contribution in [0.25, 0.3) is 21.8 Å². The number of hydrogen-bond donors (Lipinski definition) is 20. The van der Waals surface area contributed by atoms with Crippen molar-refractivity contribution >= 4 is 140 Å². The van der Waals surface area contributed by atoms with Gasteiger partial charge in [0.05, 0.1) is 31.7 Å². The fourth-order valence-electron chi connectivity index (χ4n) is 17.7. The quantitative estimate of drug-likeness (QED) is 0.0163. The van der Waals surface area contributed by atoms with Crippen LogP contribution in [-0.4, -0.2) is 311 Å². The number of unbranched alkanes of at least 4 members (excludes halogenated alkanes) is 2. The predicted octanol–water partition coefficient (Wildman–Crippen LogP) is -1.76. The van der Waals surface area contributed by atoms with E-state index in [0.717, 1.165) is 26.5 Å². The summed E-state index contributed by atoms with van der Waals surface area (Å²) in [4.78, 5) is 271. The molecule has 14 atom stereocenters. The smallest absolute Gasteiger partial charge is 0.246 e. The van der Waals surface area contributed by atoms with Crippen LogP contribution in [0.4, 0.5) is 0 Å². The largest absolute Gasteiger partial charge is 0.508 e. The molecule has 136 heavy (non-hydrogen) atoms. The summed E-state index contributed by atoms with van der Waals surface area (Å²) in [7, 11) is 2.72. The normalized spacial score (nSPS) is 24.5. The second-order valence-electron chi connectivity index (χ2n) is 35.3. The highest BCUT2D eigenvalue weighted by Crippen LogP contribution is 2.29. The standard InChI is InChI=1S/C92H128N24O19S/c1-7-9-24-70-83(127)104-61(23-15-33-98-92(95)96)79(123)111-69(78(122)101-46-76(94)120)48-136-49-77(121)103-65(38-52-29-31-56(118)32-30-52)89(133)115-35-18-28-73(115)86(130)109-67(42-75(93)119)90(134)116-36-17-27-72(116)85(129)106-63(41-55-45-97-50-102-55)81(125)107-64(37-51(3)4)88(132)114-34-16-26-71(114)84(128)105-62(39-53-43-99-59-21-13-11-19-57(53)59)80(124)110-68(47-117)82(126)108-66(40-54-44-100-60-22-14-12-20-58(54)60)87(131)113(6)74(25-10-8-2)91(135)112(70)5/h11-14,19-22,29-32,43-45,50-51,61-74,99-100,117-118H,7-10,15-18,23-28,33-42,46-49H2,1-6H3,(H2,93,119)(H2,94,120)(H,97,102)(H,101,122)(H,103,121)(H,104,127)(H,105,128)(H,106,129)(H,107,125)(H,108,126)(H,109,130)(H,110,124)(H,111,123)(H4,95,96,98)/t61-,62-,63-,64-,65-,66-,67-,68-,69-,70-,71-,72-,73+,74-/m0/s1. The van der Waals surface area contributed by atoms with Gasteiger partial charge in [0.1, 0.15) is 90.3 Å². The Morgan fingerprint density at radius 3 is 1.51 bits per heavy atom. The topological polar surface area (TPSA) is 641 Å². The molecule has 7 heterocycles. The number of likely N-dealkylation sites (N-methyl/N-ethyl adjacent to an activating group) is 2. The molecule has 0 unspecified atom stereocenters. The molecule has 17 amide bonds. The number of aliphatic hydroxyl groups excluding tert-OH is 1. The number of aromatic amines is 3. The molecule has 3 aromatic heterocycles. The molecular weight excluding hydrogens is 1780 g/mol. The Balaban J connectivity index is 1.02. The lowest BCUT2D eigenvalue weighted by Crippen LogP contribution is -2.62. The minimum Gasteiger partial charge on any atom is -0.508 e.